The summed E-state index contributed by atoms with van der Waals surface area (Å²) in [6.45, 7) is 0. The van der Waals surface area contributed by atoms with E-state index >= 15 is 0 Å². The molecule has 4 heterocycles. The van der Waals surface area contributed by atoms with E-state index in [1.54, 1.807) is 6.20 Å². The van der Waals surface area contributed by atoms with Gasteiger partial charge in [-0.25, -0.2) is 0 Å². The van der Waals surface area contributed by atoms with Crippen LogP contribution in [0.1, 0.15) is 22.9 Å². The van der Waals surface area contributed by atoms with Crippen LogP contribution < -0.4 is 0 Å². The van der Waals surface area contributed by atoms with Crippen LogP contribution in [0.25, 0.3) is 71.1 Å². The number of furan rings is 2. The topological polar surface area (TPSA) is 78.0 Å². The van der Waals surface area contributed by atoms with E-state index in [1.165, 1.54) is 0 Å². The smallest absolute Gasteiger partial charge is 0.154 e. The Bertz CT molecular complexity index is 2770. The van der Waals surface area contributed by atoms with E-state index in [1.807, 2.05) is 85.1 Å². The molecule has 0 amide bonds. The molecule has 6 heteroatoms. The van der Waals surface area contributed by atoms with E-state index in [0.29, 0.717) is 11.7 Å². The van der Waals surface area contributed by atoms with Crippen molar-refractivity contribution >= 4 is 66.3 Å². The van der Waals surface area contributed by atoms with Crippen LogP contribution in [-0.4, -0.2) is 16.7 Å². The van der Waals surface area contributed by atoms with E-state index in [4.69, 9.17) is 24.1 Å². The van der Waals surface area contributed by atoms with Gasteiger partial charge in [0.15, 0.2) is 5.58 Å². The summed E-state index contributed by atoms with van der Waals surface area (Å²) in [6.07, 6.45) is 3.16. The molecule has 0 N–H and O–H groups in total. The Morgan fingerprint density at radius 1 is 0.521 bits per heavy atom. The number of aromatic nitrogens is 1. The van der Waals surface area contributed by atoms with Crippen molar-refractivity contribution in [3.8, 4) is 11.1 Å². The number of aliphatic imine (C=N–C) groups is 2. The monoisotopic (exact) mass is 617 g/mol. The fourth-order valence-corrected chi connectivity index (χ4v) is 6.96. The van der Waals surface area contributed by atoms with Crippen LogP contribution >= 0.6 is 0 Å². The molecule has 0 saturated heterocycles. The maximum atomic E-state index is 6.38. The van der Waals surface area contributed by atoms with Crippen LogP contribution in [-0.2, 0) is 0 Å². The van der Waals surface area contributed by atoms with Gasteiger partial charge in [0.2, 0.25) is 0 Å². The zero-order valence-electron chi connectivity index (χ0n) is 25.5. The maximum absolute atomic E-state index is 6.38. The van der Waals surface area contributed by atoms with Crippen molar-refractivity contribution in [2.24, 2.45) is 9.98 Å². The number of fused-ring (bicyclic) bond motifs is 7. The molecular weight excluding hydrogens is 592 g/mol. The van der Waals surface area contributed by atoms with Crippen LogP contribution in [0.5, 0.6) is 0 Å². The number of amidine groups is 2. The zero-order valence-corrected chi connectivity index (χ0v) is 25.5. The van der Waals surface area contributed by atoms with Crippen molar-refractivity contribution in [3.05, 3.63) is 168 Å². The van der Waals surface area contributed by atoms with E-state index in [2.05, 4.69) is 59.6 Å². The molecule has 0 spiro atoms. The number of hydrogen-bond acceptors (Lipinski definition) is 5. The quantitative estimate of drug-likeness (QED) is 0.197. The van der Waals surface area contributed by atoms with Gasteiger partial charge in [-0.05, 0) is 51.7 Å². The number of rotatable bonds is 4. The van der Waals surface area contributed by atoms with Crippen molar-refractivity contribution < 1.29 is 8.83 Å². The first-order chi connectivity index (χ1) is 23.8. The standard InChI is InChI=1S/C42H25N4O2/c1-2-11-25(12-3-1)40-44-41(46-42(45-40)31-18-10-20-35-38(31)30-17-8-9-19-34(30)47-35)29-16-7-6-15-28(29)33-23-43-24-37-39(33)32-21-26-13-4-5-14-27(26)22-36(32)48-37/h1-24,42H/q-1. The van der Waals surface area contributed by atoms with Crippen LogP contribution in [0.2, 0.25) is 0 Å². The molecule has 10 rings (SSSR count). The lowest BCUT2D eigenvalue weighted by Gasteiger charge is -2.33. The minimum Gasteiger partial charge on any atom is -0.456 e. The first-order valence-electron chi connectivity index (χ1n) is 15.9. The highest BCUT2D eigenvalue weighted by Crippen LogP contribution is 2.42. The van der Waals surface area contributed by atoms with E-state index in [9.17, 15) is 0 Å². The van der Waals surface area contributed by atoms with Crippen LogP contribution in [0, 0.1) is 0 Å². The van der Waals surface area contributed by atoms with Gasteiger partial charge in [-0.2, -0.15) is 0 Å². The van der Waals surface area contributed by atoms with Gasteiger partial charge in [-0.1, -0.05) is 115 Å². The highest BCUT2D eigenvalue weighted by Gasteiger charge is 2.22. The first-order valence-corrected chi connectivity index (χ1v) is 15.9. The molecule has 0 fully saturated rings. The van der Waals surface area contributed by atoms with E-state index < -0.39 is 6.17 Å². The third kappa shape index (κ3) is 4.16. The molecule has 1 aliphatic heterocycles. The number of nitrogens with zero attached hydrogens (tertiary/aromatic N) is 4. The summed E-state index contributed by atoms with van der Waals surface area (Å²) < 4.78 is 12.6. The third-order valence-electron chi connectivity index (χ3n) is 9.15. The molecule has 0 bridgehead atoms. The Morgan fingerprint density at radius 2 is 1.25 bits per heavy atom. The highest BCUT2D eigenvalue weighted by atomic mass is 16.3. The van der Waals surface area contributed by atoms with Gasteiger partial charge < -0.3 is 19.1 Å². The Morgan fingerprint density at radius 3 is 2.15 bits per heavy atom. The molecule has 226 valence electrons. The van der Waals surface area contributed by atoms with Gasteiger partial charge in [0.05, 0.1) is 18.2 Å². The summed E-state index contributed by atoms with van der Waals surface area (Å²) in [4.78, 5) is 15.0. The average Bonchev–Trinajstić information content (AvgIpc) is 3.72. The fraction of sp³-hybridized carbons (Fsp3) is 0.0238. The first kappa shape index (κ1) is 26.7. The lowest BCUT2D eigenvalue weighted by molar-refractivity contribution is 0.667. The Hall–Kier alpha value is -6.53. The lowest BCUT2D eigenvalue weighted by atomic mass is 9.95. The molecule has 9 aromatic rings. The van der Waals surface area contributed by atoms with Gasteiger partial charge >= 0.3 is 0 Å². The van der Waals surface area contributed by atoms with Gasteiger partial charge in [0.1, 0.15) is 16.7 Å². The molecule has 0 saturated carbocycles. The number of hydrogen-bond donors (Lipinski definition) is 0. The van der Waals surface area contributed by atoms with E-state index in [-0.39, 0.29) is 0 Å². The minimum absolute atomic E-state index is 0.541. The molecule has 6 aromatic carbocycles. The number of pyridine rings is 1. The lowest BCUT2D eigenvalue weighted by Crippen LogP contribution is -2.16. The van der Waals surface area contributed by atoms with Crippen molar-refractivity contribution in [2.75, 3.05) is 0 Å². The summed E-state index contributed by atoms with van der Waals surface area (Å²) in [5.41, 5.74) is 7.91. The van der Waals surface area contributed by atoms with Crippen LogP contribution in [0.4, 0.5) is 0 Å². The molecular formula is C42H25N4O2-. The summed E-state index contributed by atoms with van der Waals surface area (Å²) in [5, 5.41) is 11.5. The predicted molar refractivity (Wildman–Crippen MR) is 194 cm³/mol. The number of benzene rings is 6. The van der Waals surface area contributed by atoms with Crippen LogP contribution in [0.3, 0.4) is 0 Å². The Kier molecular flexibility index (Phi) is 5.84. The van der Waals surface area contributed by atoms with Gasteiger partial charge in [-0.15, -0.1) is 0 Å². The van der Waals surface area contributed by atoms with Crippen LogP contribution in [0.15, 0.2) is 165 Å². The molecule has 0 radical (unpaired) electrons. The van der Waals surface area contributed by atoms with Crippen molar-refractivity contribution in [1.82, 2.24) is 4.98 Å². The molecule has 1 aliphatic rings. The molecule has 3 aromatic heterocycles. The average molecular weight is 618 g/mol. The van der Waals surface area contributed by atoms with Gasteiger partial charge in [-0.3, -0.25) is 9.98 Å². The predicted octanol–water partition coefficient (Wildman–Crippen LogP) is 11.0. The van der Waals surface area contributed by atoms with Crippen molar-refractivity contribution in [1.29, 1.82) is 0 Å². The second kappa shape index (κ2) is 10.5. The fourth-order valence-electron chi connectivity index (χ4n) is 6.96. The maximum Gasteiger partial charge on any atom is 0.154 e. The summed E-state index contributed by atoms with van der Waals surface area (Å²) in [6, 6.07) is 45.2. The molecule has 1 unspecified atom stereocenters. The van der Waals surface area contributed by atoms with Gasteiger partial charge in [0, 0.05) is 38.9 Å². The highest BCUT2D eigenvalue weighted by molar-refractivity contribution is 6.22. The molecule has 0 aliphatic carbocycles. The summed E-state index contributed by atoms with van der Waals surface area (Å²) in [5.74, 6) is 1.23. The van der Waals surface area contributed by atoms with E-state index in [0.717, 1.165) is 82.5 Å². The largest absolute Gasteiger partial charge is 0.456 e. The Labute approximate surface area is 274 Å². The normalized spacial score (nSPS) is 14.9. The second-order valence-electron chi connectivity index (χ2n) is 12.0. The molecule has 6 nitrogen and oxygen atoms in total. The second-order valence-corrected chi connectivity index (χ2v) is 12.0. The number of para-hydroxylation sites is 1. The zero-order chi connectivity index (χ0) is 31.6. The Balaban J connectivity index is 1.20. The van der Waals surface area contributed by atoms with Crippen molar-refractivity contribution in [3.63, 3.8) is 0 Å². The third-order valence-corrected chi connectivity index (χ3v) is 9.15. The minimum atomic E-state index is -0.541. The molecule has 48 heavy (non-hydrogen) atoms. The van der Waals surface area contributed by atoms with Gasteiger partial charge in [0.25, 0.3) is 0 Å². The molecule has 1 atom stereocenters. The summed E-state index contributed by atoms with van der Waals surface area (Å²) >= 11 is 0. The summed E-state index contributed by atoms with van der Waals surface area (Å²) in [7, 11) is 0. The van der Waals surface area contributed by atoms with Crippen molar-refractivity contribution in [2.45, 2.75) is 6.17 Å². The SMILES string of the molecule is c1ccc(C2=NC(c3ccccc3-c3cncc4oc5cc6ccccc6cc5c34)=NC(c3cccc4oc5ccccc5c34)[N-]2)cc1.